The molecule has 2 aromatic heterocycles. The Hall–Kier alpha value is -3.68. The molecule has 2 aromatic carbocycles. The number of nitrogens with one attached hydrogen (secondary N) is 2. The van der Waals surface area contributed by atoms with Crippen molar-refractivity contribution in [2.24, 2.45) is 5.92 Å². The standard InChI is InChI=1S/C33H36ClN5OS/c1-18(2)32(40)36-27-12-11-24(17-26(27)34)39-31(29(37-33(39)41)28-10-8-9-13-35-28)25-16-22(6)38(23(25)7)30-20(4)14-19(3)15-21(30)5/h8-18,29,31H,1-7H3,(H,36,40)(H,37,41)/t29-,31+/m0/s1. The lowest BCUT2D eigenvalue weighted by Gasteiger charge is -2.29. The molecule has 2 N–H and O–H groups in total. The Kier molecular flexibility index (Phi) is 7.95. The Morgan fingerprint density at radius 1 is 1.02 bits per heavy atom. The Morgan fingerprint density at radius 3 is 2.34 bits per heavy atom. The monoisotopic (exact) mass is 585 g/mol. The molecule has 6 nitrogen and oxygen atoms in total. The van der Waals surface area contributed by atoms with Crippen LogP contribution in [0, 0.1) is 40.5 Å². The molecule has 1 aliphatic heterocycles. The third-order valence-corrected chi connectivity index (χ3v) is 8.39. The Balaban J connectivity index is 1.65. The van der Waals surface area contributed by atoms with Crippen molar-refractivity contribution < 1.29 is 4.79 Å². The van der Waals surface area contributed by atoms with Crippen LogP contribution >= 0.6 is 23.8 Å². The van der Waals surface area contributed by atoms with Crippen LogP contribution in [-0.2, 0) is 4.79 Å². The molecule has 0 bridgehead atoms. The topological polar surface area (TPSA) is 62.2 Å². The van der Waals surface area contributed by atoms with Crippen molar-refractivity contribution in [3.05, 3.63) is 105 Å². The maximum atomic E-state index is 12.3. The van der Waals surface area contributed by atoms with Crippen molar-refractivity contribution in [3.8, 4) is 5.69 Å². The van der Waals surface area contributed by atoms with Crippen molar-refractivity contribution >= 4 is 46.2 Å². The van der Waals surface area contributed by atoms with Gasteiger partial charge in [0.1, 0.15) is 0 Å². The number of aryl methyl sites for hydroxylation is 4. The van der Waals surface area contributed by atoms with Crippen LogP contribution in [0.15, 0.2) is 60.8 Å². The molecule has 8 heteroatoms. The van der Waals surface area contributed by atoms with Crippen LogP contribution in [0.2, 0.25) is 5.02 Å². The number of halogens is 1. The zero-order valence-corrected chi connectivity index (χ0v) is 26.1. The van der Waals surface area contributed by atoms with E-state index >= 15 is 0 Å². The first-order valence-electron chi connectivity index (χ1n) is 13.9. The molecule has 41 heavy (non-hydrogen) atoms. The number of pyridine rings is 1. The van der Waals surface area contributed by atoms with Crippen molar-refractivity contribution in [1.82, 2.24) is 14.9 Å². The van der Waals surface area contributed by atoms with Crippen LogP contribution < -0.4 is 15.5 Å². The summed E-state index contributed by atoms with van der Waals surface area (Å²) in [7, 11) is 0. The van der Waals surface area contributed by atoms with E-state index < -0.39 is 0 Å². The largest absolute Gasteiger partial charge is 0.351 e. The van der Waals surface area contributed by atoms with E-state index in [2.05, 4.69) is 72.9 Å². The predicted octanol–water partition coefficient (Wildman–Crippen LogP) is 7.84. The quantitative estimate of drug-likeness (QED) is 0.226. The number of amides is 1. The molecule has 212 valence electrons. The van der Waals surface area contributed by atoms with Crippen LogP contribution in [0.1, 0.15) is 65.3 Å². The number of hydrogen-bond donors (Lipinski definition) is 2. The number of hydrogen-bond acceptors (Lipinski definition) is 3. The second-order valence-electron chi connectivity index (χ2n) is 11.2. The summed E-state index contributed by atoms with van der Waals surface area (Å²) in [6.07, 6.45) is 1.81. The summed E-state index contributed by atoms with van der Waals surface area (Å²) < 4.78 is 2.35. The average Bonchev–Trinajstić information content (AvgIpc) is 3.40. The molecule has 0 radical (unpaired) electrons. The maximum absolute atomic E-state index is 12.3. The van der Waals surface area contributed by atoms with Crippen LogP contribution in [0.5, 0.6) is 0 Å². The summed E-state index contributed by atoms with van der Waals surface area (Å²) in [5.74, 6) is -0.235. The first-order chi connectivity index (χ1) is 19.5. The lowest BCUT2D eigenvalue weighted by Crippen LogP contribution is -2.29. The van der Waals surface area contributed by atoms with Crippen LogP contribution in [0.4, 0.5) is 11.4 Å². The zero-order valence-electron chi connectivity index (χ0n) is 24.5. The van der Waals surface area contributed by atoms with E-state index in [1.807, 2.05) is 56.4 Å². The van der Waals surface area contributed by atoms with E-state index in [1.165, 1.54) is 22.4 Å². The van der Waals surface area contributed by atoms with Gasteiger partial charge in [-0.25, -0.2) is 0 Å². The normalized spacial score (nSPS) is 16.8. The van der Waals surface area contributed by atoms with Gasteiger partial charge in [-0.15, -0.1) is 0 Å². The van der Waals surface area contributed by atoms with Crippen molar-refractivity contribution in [2.45, 2.75) is 60.5 Å². The Morgan fingerprint density at radius 2 is 1.73 bits per heavy atom. The SMILES string of the molecule is Cc1cc(C)c(-n2c(C)cc([C@@H]3[C@H](c4ccccn4)NC(=S)N3c3ccc(NC(=O)C(C)C)c(Cl)c3)c2C)c(C)c1. The molecule has 1 amide bonds. The molecule has 0 saturated carbocycles. The van der Waals surface area contributed by atoms with Gasteiger partial charge in [0.15, 0.2) is 5.11 Å². The van der Waals surface area contributed by atoms with Crippen LogP contribution in [0.25, 0.3) is 5.69 Å². The summed E-state index contributed by atoms with van der Waals surface area (Å²) in [5, 5.41) is 7.51. The number of aromatic nitrogens is 2. The highest BCUT2D eigenvalue weighted by molar-refractivity contribution is 7.80. The van der Waals surface area contributed by atoms with Crippen LogP contribution in [-0.4, -0.2) is 20.6 Å². The van der Waals surface area contributed by atoms with Crippen molar-refractivity contribution in [2.75, 3.05) is 10.2 Å². The predicted molar refractivity (Wildman–Crippen MR) is 172 cm³/mol. The number of rotatable bonds is 6. The summed E-state index contributed by atoms with van der Waals surface area (Å²) in [5.41, 5.74) is 10.7. The van der Waals surface area contributed by atoms with Gasteiger partial charge < -0.3 is 20.1 Å². The minimum atomic E-state index is -0.185. The van der Waals surface area contributed by atoms with Gasteiger partial charge in [0.2, 0.25) is 5.91 Å². The molecule has 1 aliphatic rings. The van der Waals surface area contributed by atoms with E-state index in [4.69, 9.17) is 28.8 Å². The van der Waals surface area contributed by atoms with Gasteiger partial charge in [-0.1, -0.05) is 49.2 Å². The number of benzene rings is 2. The van der Waals surface area contributed by atoms with Gasteiger partial charge in [0.25, 0.3) is 0 Å². The van der Waals surface area contributed by atoms with E-state index in [9.17, 15) is 4.79 Å². The average molecular weight is 586 g/mol. The van der Waals surface area contributed by atoms with Crippen molar-refractivity contribution in [3.63, 3.8) is 0 Å². The number of carbonyl (C=O) groups excluding carboxylic acids is 1. The first kappa shape index (κ1) is 28.8. The highest BCUT2D eigenvalue weighted by Gasteiger charge is 2.42. The molecular weight excluding hydrogens is 550 g/mol. The van der Waals surface area contributed by atoms with E-state index in [0.29, 0.717) is 15.8 Å². The molecule has 0 unspecified atom stereocenters. The van der Waals surface area contributed by atoms with Crippen molar-refractivity contribution in [1.29, 1.82) is 0 Å². The van der Waals surface area contributed by atoms with E-state index in [1.54, 1.807) is 0 Å². The van der Waals surface area contributed by atoms with Gasteiger partial charge in [0.05, 0.1) is 34.2 Å². The minimum Gasteiger partial charge on any atom is -0.351 e. The first-order valence-corrected chi connectivity index (χ1v) is 14.6. The minimum absolute atomic E-state index is 0.0831. The number of carbonyl (C=O) groups is 1. The van der Waals surface area contributed by atoms with Gasteiger partial charge >= 0.3 is 0 Å². The number of nitrogens with zero attached hydrogens (tertiary/aromatic N) is 3. The van der Waals surface area contributed by atoms with Gasteiger partial charge in [-0.3, -0.25) is 9.78 Å². The summed E-state index contributed by atoms with van der Waals surface area (Å²) in [6.45, 7) is 14.5. The number of thiocarbonyl (C=S) groups is 1. The fourth-order valence-corrected chi connectivity index (χ4v) is 6.51. The molecule has 1 fully saturated rings. The Labute approximate surface area is 252 Å². The van der Waals surface area contributed by atoms with E-state index in [0.717, 1.165) is 28.3 Å². The summed E-state index contributed by atoms with van der Waals surface area (Å²) in [6, 6.07) is 18.0. The molecule has 5 rings (SSSR count). The second-order valence-corrected chi connectivity index (χ2v) is 12.0. The fraction of sp³-hybridized carbons (Fsp3) is 0.303. The highest BCUT2D eigenvalue weighted by atomic mass is 35.5. The molecular formula is C33H36ClN5OS. The summed E-state index contributed by atoms with van der Waals surface area (Å²) in [4.78, 5) is 19.2. The Bertz CT molecular complexity index is 1620. The highest BCUT2D eigenvalue weighted by Crippen LogP contribution is 2.45. The second kappa shape index (κ2) is 11.3. The smallest absolute Gasteiger partial charge is 0.226 e. The molecule has 1 saturated heterocycles. The molecule has 4 aromatic rings. The van der Waals surface area contributed by atoms with E-state index in [-0.39, 0.29) is 23.9 Å². The van der Waals surface area contributed by atoms with Gasteiger partial charge in [-0.2, -0.15) is 0 Å². The zero-order chi connectivity index (χ0) is 29.6. The van der Waals surface area contributed by atoms with Gasteiger partial charge in [0, 0.05) is 29.2 Å². The lowest BCUT2D eigenvalue weighted by molar-refractivity contribution is -0.118. The summed E-state index contributed by atoms with van der Waals surface area (Å²) >= 11 is 12.7. The number of anilines is 2. The molecule has 0 aliphatic carbocycles. The fourth-order valence-electron chi connectivity index (χ4n) is 5.94. The maximum Gasteiger partial charge on any atom is 0.226 e. The third-order valence-electron chi connectivity index (χ3n) is 7.76. The lowest BCUT2D eigenvalue weighted by atomic mass is 9.96. The third kappa shape index (κ3) is 5.36. The molecule has 0 spiro atoms. The molecule has 2 atom stereocenters. The van der Waals surface area contributed by atoms with Gasteiger partial charge in [-0.05, 0) is 99.9 Å². The van der Waals surface area contributed by atoms with Crippen LogP contribution in [0.3, 0.4) is 0 Å². The molecule has 3 heterocycles.